The van der Waals surface area contributed by atoms with Crippen LogP contribution in [0, 0.1) is 17.3 Å². The summed E-state index contributed by atoms with van der Waals surface area (Å²) in [4.78, 5) is 120. The lowest BCUT2D eigenvalue weighted by molar-refractivity contribution is -0.273. The molecular formula is C38H52O19. The van der Waals surface area contributed by atoms with Crippen LogP contribution in [-0.2, 0) is 81.0 Å². The van der Waals surface area contributed by atoms with E-state index in [9.17, 15) is 48.6 Å². The number of hydrogen-bond donors (Lipinski definition) is 2. The van der Waals surface area contributed by atoms with Crippen LogP contribution in [0.3, 0.4) is 0 Å². The second-order valence-electron chi connectivity index (χ2n) is 15.9. The Morgan fingerprint density at radius 2 is 1.19 bits per heavy atom. The number of carbonyl (C=O) groups is 9. The molecule has 0 bridgehead atoms. The molecule has 0 aromatic carbocycles. The number of ether oxygens (including phenoxy) is 8. The quantitative estimate of drug-likeness (QED) is 0.196. The third-order valence-electron chi connectivity index (χ3n) is 10.2. The van der Waals surface area contributed by atoms with Crippen LogP contribution in [0.25, 0.3) is 0 Å². The van der Waals surface area contributed by atoms with Crippen LogP contribution >= 0.6 is 0 Å². The Morgan fingerprint density at radius 3 is 1.67 bits per heavy atom. The average Bonchev–Trinajstić information content (AvgIpc) is 3.21. The maximum atomic E-state index is 15.1. The maximum Gasteiger partial charge on any atom is 0.308 e. The number of aliphatic hydroxyl groups is 2. The zero-order valence-electron chi connectivity index (χ0n) is 34.0. The van der Waals surface area contributed by atoms with Crippen LogP contribution in [0.2, 0.25) is 0 Å². The molecule has 57 heavy (non-hydrogen) atoms. The SMILES string of the molecule is CC(=O)O[C@H]1[C@@H](OC(C)=O)C(C)(C)/C=C/[C@@](C)(O)C(=O)[C@]2(O)[C@H]([C@@H](OC(C)=O)[C@](C)(OC(C)=O)[C@H]2OC(C)=O)[C@H]2OC(=O)CC[C@@]2(OC(C)=O)[C@@H]1OC(=O)C(C)C. The van der Waals surface area contributed by atoms with Gasteiger partial charge in [0.1, 0.15) is 5.60 Å². The molecule has 1 aliphatic heterocycles. The van der Waals surface area contributed by atoms with E-state index in [0.29, 0.717) is 0 Å². The van der Waals surface area contributed by atoms with E-state index in [1.165, 1.54) is 27.7 Å². The molecule has 1 saturated carbocycles. The van der Waals surface area contributed by atoms with Crippen molar-refractivity contribution in [1.29, 1.82) is 0 Å². The van der Waals surface area contributed by atoms with Crippen molar-refractivity contribution >= 4 is 53.5 Å². The Balaban J connectivity index is 2.81. The summed E-state index contributed by atoms with van der Waals surface area (Å²) >= 11 is 0. The number of ketones is 1. The van der Waals surface area contributed by atoms with Gasteiger partial charge in [0.25, 0.3) is 0 Å². The zero-order chi connectivity index (χ0) is 43.8. The summed E-state index contributed by atoms with van der Waals surface area (Å²) in [6.07, 6.45) is -12.2. The minimum absolute atomic E-state index is 0.641. The van der Waals surface area contributed by atoms with Gasteiger partial charge >= 0.3 is 47.8 Å². The summed E-state index contributed by atoms with van der Waals surface area (Å²) < 4.78 is 46.4. The first kappa shape index (κ1) is 46.5. The van der Waals surface area contributed by atoms with Crippen molar-refractivity contribution in [3.63, 3.8) is 0 Å². The molecular weight excluding hydrogens is 760 g/mol. The zero-order valence-corrected chi connectivity index (χ0v) is 34.0. The van der Waals surface area contributed by atoms with Crippen LogP contribution in [0.4, 0.5) is 0 Å². The largest absolute Gasteiger partial charge is 0.458 e. The third-order valence-corrected chi connectivity index (χ3v) is 10.2. The van der Waals surface area contributed by atoms with Crippen molar-refractivity contribution in [1.82, 2.24) is 0 Å². The molecule has 0 radical (unpaired) electrons. The maximum absolute atomic E-state index is 15.1. The van der Waals surface area contributed by atoms with Gasteiger partial charge in [0.15, 0.2) is 53.4 Å². The Kier molecular flexibility index (Phi) is 13.5. The fourth-order valence-electron chi connectivity index (χ4n) is 7.98. The molecule has 0 aromatic heterocycles. The van der Waals surface area contributed by atoms with Crippen LogP contribution < -0.4 is 0 Å². The monoisotopic (exact) mass is 812 g/mol. The highest BCUT2D eigenvalue weighted by atomic mass is 16.7. The second-order valence-corrected chi connectivity index (χ2v) is 15.9. The van der Waals surface area contributed by atoms with E-state index in [-0.39, 0.29) is 0 Å². The number of hydrogen-bond acceptors (Lipinski definition) is 19. The summed E-state index contributed by atoms with van der Waals surface area (Å²) in [5.41, 5.74) is -13.2. The van der Waals surface area contributed by atoms with Crippen molar-refractivity contribution in [3.8, 4) is 0 Å². The van der Waals surface area contributed by atoms with Crippen molar-refractivity contribution in [2.24, 2.45) is 17.3 Å². The van der Waals surface area contributed by atoms with Gasteiger partial charge in [0.05, 0.1) is 11.8 Å². The van der Waals surface area contributed by atoms with Gasteiger partial charge < -0.3 is 48.1 Å². The van der Waals surface area contributed by atoms with E-state index in [2.05, 4.69) is 0 Å². The van der Waals surface area contributed by atoms with Gasteiger partial charge in [0.2, 0.25) is 5.78 Å². The van der Waals surface area contributed by atoms with E-state index in [4.69, 9.17) is 37.9 Å². The molecule has 0 unspecified atom stereocenters. The first-order valence-electron chi connectivity index (χ1n) is 18.2. The minimum Gasteiger partial charge on any atom is -0.458 e. The molecule has 3 aliphatic rings. The fraction of sp³-hybridized carbons (Fsp3) is 0.711. The van der Waals surface area contributed by atoms with Crippen LogP contribution in [0.1, 0.15) is 95.9 Å². The van der Waals surface area contributed by atoms with Crippen LogP contribution in [-0.4, -0.2) is 123 Å². The number of Topliss-reactive ketones (excluding diaryl/α,β-unsaturated/α-hetero) is 1. The predicted molar refractivity (Wildman–Crippen MR) is 188 cm³/mol. The smallest absolute Gasteiger partial charge is 0.308 e. The normalized spacial score (nSPS) is 36.6. The van der Waals surface area contributed by atoms with Crippen LogP contribution in [0.15, 0.2) is 12.2 Å². The summed E-state index contributed by atoms with van der Waals surface area (Å²) in [5, 5.41) is 25.2. The number of esters is 8. The molecule has 1 saturated heterocycles. The highest BCUT2D eigenvalue weighted by Crippen LogP contribution is 2.57. The third kappa shape index (κ3) is 9.14. The molecule has 318 valence electrons. The second kappa shape index (κ2) is 16.5. The van der Waals surface area contributed by atoms with Gasteiger partial charge in [-0.15, -0.1) is 0 Å². The molecule has 11 atom stereocenters. The summed E-state index contributed by atoms with van der Waals surface area (Å²) in [5.74, 6) is -13.7. The van der Waals surface area contributed by atoms with Gasteiger partial charge in [-0.25, -0.2) is 0 Å². The van der Waals surface area contributed by atoms with Crippen molar-refractivity contribution in [2.45, 2.75) is 155 Å². The van der Waals surface area contributed by atoms with E-state index in [1.807, 2.05) is 0 Å². The van der Waals surface area contributed by atoms with Crippen LogP contribution in [0.5, 0.6) is 0 Å². The Morgan fingerprint density at radius 1 is 0.684 bits per heavy atom. The van der Waals surface area contributed by atoms with Gasteiger partial charge in [-0.1, -0.05) is 33.8 Å². The fourth-order valence-corrected chi connectivity index (χ4v) is 7.98. The average molecular weight is 813 g/mol. The lowest BCUT2D eigenvalue weighted by Crippen LogP contribution is -2.73. The predicted octanol–water partition coefficient (Wildman–Crippen LogP) is 0.887. The summed E-state index contributed by atoms with van der Waals surface area (Å²) in [6, 6.07) is 0. The molecule has 1 heterocycles. The topological polar surface area (TPSA) is 268 Å². The standard InChI is InChI=1S/C38H52O19/c1-17(2)31(46)55-30-26(50-18(3)39)29(52-20(5)41)34(9,10)15-16-35(11,48)32(47)38(49)25(28-37(30,57-23(8)44)14-13-24(45)54-28)27(51-19(4)40)36(12,56-22(7)43)33(38)53-21(6)42/h15-17,25-30,33,48-49H,13-14H2,1-12H3/b16-15+/t25-,26+,27-,28-,29-,30-,33-,35-,36+,37+,38-/m1/s1. The van der Waals surface area contributed by atoms with Crippen molar-refractivity contribution in [2.75, 3.05) is 0 Å². The Labute approximate surface area is 328 Å². The minimum atomic E-state index is -3.44. The first-order chi connectivity index (χ1) is 26.0. The molecule has 2 N–H and O–H groups in total. The molecule has 0 amide bonds. The molecule has 2 aliphatic carbocycles. The number of rotatable bonds is 8. The van der Waals surface area contributed by atoms with Gasteiger partial charge in [0, 0.05) is 59.8 Å². The highest BCUT2D eigenvalue weighted by Gasteiger charge is 2.81. The van der Waals surface area contributed by atoms with Gasteiger partial charge in [-0.2, -0.15) is 0 Å². The van der Waals surface area contributed by atoms with E-state index < -0.39 is 143 Å². The molecule has 2 fully saturated rings. The lowest BCUT2D eigenvalue weighted by atomic mass is 9.65. The molecule has 19 nitrogen and oxygen atoms in total. The van der Waals surface area contributed by atoms with Gasteiger partial charge in [-0.05, 0) is 19.9 Å². The van der Waals surface area contributed by atoms with Gasteiger partial charge in [-0.3, -0.25) is 43.2 Å². The number of fused-ring (bicyclic) bond motifs is 3. The molecule has 0 aromatic rings. The van der Waals surface area contributed by atoms with E-state index in [0.717, 1.165) is 67.5 Å². The van der Waals surface area contributed by atoms with E-state index >= 15 is 4.79 Å². The van der Waals surface area contributed by atoms with E-state index in [1.54, 1.807) is 0 Å². The lowest BCUT2D eigenvalue weighted by Gasteiger charge is -2.53. The van der Waals surface area contributed by atoms with Crippen molar-refractivity contribution < 1.29 is 91.3 Å². The Bertz CT molecular complexity index is 1710. The molecule has 3 rings (SSSR count). The number of carbonyl (C=O) groups excluding carboxylic acids is 9. The highest BCUT2D eigenvalue weighted by molar-refractivity contribution is 5.98. The molecule has 0 spiro atoms. The summed E-state index contributed by atoms with van der Waals surface area (Å²) in [6.45, 7) is 13.2. The first-order valence-corrected chi connectivity index (χ1v) is 18.2. The summed E-state index contributed by atoms with van der Waals surface area (Å²) in [7, 11) is 0. The molecule has 19 heteroatoms. The Hall–Kier alpha value is -4.91. The van der Waals surface area contributed by atoms with Crippen molar-refractivity contribution in [3.05, 3.63) is 12.2 Å².